The molecule has 0 bridgehead atoms. The monoisotopic (exact) mass is 337 g/mol. The third-order valence-corrected chi connectivity index (χ3v) is 4.49. The molecule has 1 aliphatic carbocycles. The highest BCUT2D eigenvalue weighted by molar-refractivity contribution is 5.94. The van der Waals surface area contributed by atoms with Crippen molar-refractivity contribution in [1.29, 1.82) is 0 Å². The van der Waals surface area contributed by atoms with Crippen molar-refractivity contribution in [1.82, 2.24) is 4.57 Å². The van der Waals surface area contributed by atoms with Crippen LogP contribution in [-0.4, -0.2) is 16.3 Å². The van der Waals surface area contributed by atoms with E-state index in [4.69, 9.17) is 4.74 Å². The Labute approximate surface area is 150 Å². The summed E-state index contributed by atoms with van der Waals surface area (Å²) in [7, 11) is 0. The molecule has 1 heterocycles. The van der Waals surface area contributed by atoms with Crippen molar-refractivity contribution in [3.05, 3.63) is 47.3 Å². The van der Waals surface area contributed by atoms with Crippen molar-refractivity contribution < 1.29 is 9.53 Å². The first-order valence-electron chi connectivity index (χ1n) is 9.15. The molecule has 0 N–H and O–H groups in total. The van der Waals surface area contributed by atoms with Gasteiger partial charge in [0.05, 0.1) is 11.2 Å². The van der Waals surface area contributed by atoms with E-state index >= 15 is 0 Å². The second-order valence-corrected chi connectivity index (χ2v) is 7.82. The van der Waals surface area contributed by atoms with Gasteiger partial charge in [-0.1, -0.05) is 24.6 Å². The van der Waals surface area contributed by atoms with E-state index in [1.807, 2.05) is 52.0 Å². The van der Waals surface area contributed by atoms with Gasteiger partial charge < -0.3 is 4.74 Å². The number of ether oxygens (including phenoxy) is 1. The second kappa shape index (κ2) is 6.93. The lowest BCUT2D eigenvalue weighted by Gasteiger charge is -2.21. The number of aromatic nitrogens is 1. The summed E-state index contributed by atoms with van der Waals surface area (Å²) < 4.78 is 7.33. The lowest BCUT2D eigenvalue weighted by atomic mass is 9.95. The first-order valence-corrected chi connectivity index (χ1v) is 9.15. The zero-order chi connectivity index (χ0) is 18.0. The maximum Gasteiger partial charge on any atom is 0.419 e. The number of carbonyl (C=O) groups excluding carboxylic acids is 1. The van der Waals surface area contributed by atoms with Gasteiger partial charge in [-0.05, 0) is 71.1 Å². The Balaban J connectivity index is 2.13. The van der Waals surface area contributed by atoms with Crippen LogP contribution in [-0.2, 0) is 4.74 Å². The van der Waals surface area contributed by atoms with Crippen molar-refractivity contribution in [2.45, 2.75) is 65.4 Å². The number of nitrogens with zero attached hydrogens (tertiary/aromatic N) is 1. The molecule has 0 spiro atoms. The molecule has 0 radical (unpaired) electrons. The minimum absolute atomic E-state index is 0.335. The van der Waals surface area contributed by atoms with Gasteiger partial charge in [0, 0.05) is 11.0 Å². The molecule has 0 saturated heterocycles. The lowest BCUT2D eigenvalue weighted by Crippen LogP contribution is -2.27. The summed E-state index contributed by atoms with van der Waals surface area (Å²) in [4.78, 5) is 12.8. The molecule has 1 aliphatic rings. The van der Waals surface area contributed by atoms with Gasteiger partial charge in [0.15, 0.2) is 0 Å². The number of allylic oxidation sites excluding steroid dienone is 1. The van der Waals surface area contributed by atoms with Gasteiger partial charge in [0.1, 0.15) is 5.60 Å². The third kappa shape index (κ3) is 4.05. The third-order valence-electron chi connectivity index (χ3n) is 4.49. The maximum atomic E-state index is 12.8. The summed E-state index contributed by atoms with van der Waals surface area (Å²) >= 11 is 0. The van der Waals surface area contributed by atoms with Crippen LogP contribution < -0.4 is 0 Å². The quantitative estimate of drug-likeness (QED) is 0.570. The molecule has 1 saturated carbocycles. The molecular formula is C22H27NO2. The Morgan fingerprint density at radius 1 is 1.12 bits per heavy atom. The fraction of sp³-hybridized carbons (Fsp3) is 0.455. The van der Waals surface area contributed by atoms with Gasteiger partial charge in [0.2, 0.25) is 0 Å². The van der Waals surface area contributed by atoms with E-state index in [0.29, 0.717) is 0 Å². The Morgan fingerprint density at radius 3 is 2.48 bits per heavy atom. The van der Waals surface area contributed by atoms with E-state index in [0.717, 1.165) is 35.0 Å². The zero-order valence-electron chi connectivity index (χ0n) is 15.7. The number of benzene rings is 1. The summed E-state index contributed by atoms with van der Waals surface area (Å²) in [5.41, 5.74) is 7.14. The van der Waals surface area contributed by atoms with E-state index < -0.39 is 5.60 Å². The molecule has 2 aromatic rings. The van der Waals surface area contributed by atoms with E-state index in [1.165, 1.54) is 24.8 Å². The second-order valence-electron chi connectivity index (χ2n) is 7.82. The van der Waals surface area contributed by atoms with Gasteiger partial charge in [-0.3, -0.25) is 0 Å². The van der Waals surface area contributed by atoms with Crippen molar-refractivity contribution in [2.24, 2.45) is 0 Å². The first-order chi connectivity index (χ1) is 11.8. The highest BCUT2D eigenvalue weighted by Crippen LogP contribution is 2.28. The van der Waals surface area contributed by atoms with Crippen LogP contribution in [0.4, 0.5) is 4.79 Å². The topological polar surface area (TPSA) is 31.2 Å². The fourth-order valence-corrected chi connectivity index (χ4v) is 3.37. The summed E-state index contributed by atoms with van der Waals surface area (Å²) in [6.45, 7) is 7.71. The minimum atomic E-state index is -0.529. The van der Waals surface area contributed by atoms with Crippen LogP contribution in [0.3, 0.4) is 0 Å². The number of para-hydroxylation sites is 1. The maximum absolute atomic E-state index is 12.8. The standard InChI is InChI=1S/C22H27NO2/c1-16(14-17-10-6-5-7-11-17)20-15-18-12-8-9-13-19(18)23(20)21(24)25-22(2,3)4/h8-9,12-13,15H,5-7,10-11H2,1-4H3. The van der Waals surface area contributed by atoms with Crippen LogP contribution in [0, 0.1) is 0 Å². The van der Waals surface area contributed by atoms with Gasteiger partial charge >= 0.3 is 6.09 Å². The van der Waals surface area contributed by atoms with E-state index in [9.17, 15) is 4.79 Å². The highest BCUT2D eigenvalue weighted by atomic mass is 16.6. The molecule has 1 fully saturated rings. The van der Waals surface area contributed by atoms with Gasteiger partial charge in [-0.15, -0.1) is 5.73 Å². The van der Waals surface area contributed by atoms with Crippen LogP contribution in [0.5, 0.6) is 0 Å². The van der Waals surface area contributed by atoms with Gasteiger partial charge in [-0.2, -0.15) is 0 Å². The van der Waals surface area contributed by atoms with Crippen molar-refractivity contribution >= 4 is 22.6 Å². The minimum Gasteiger partial charge on any atom is -0.443 e. The number of carbonyl (C=O) groups is 1. The number of hydrogen-bond acceptors (Lipinski definition) is 2. The molecule has 1 aromatic carbocycles. The zero-order valence-corrected chi connectivity index (χ0v) is 15.7. The Morgan fingerprint density at radius 2 is 1.80 bits per heavy atom. The molecule has 132 valence electrons. The van der Waals surface area contributed by atoms with Crippen LogP contribution >= 0.6 is 0 Å². The van der Waals surface area contributed by atoms with Gasteiger partial charge in [0.25, 0.3) is 0 Å². The molecule has 0 aliphatic heterocycles. The largest absolute Gasteiger partial charge is 0.443 e. The number of rotatable bonds is 1. The Hall–Kier alpha value is -2.25. The molecule has 0 atom stereocenters. The first kappa shape index (κ1) is 17.6. The number of hydrogen-bond donors (Lipinski definition) is 0. The van der Waals surface area contributed by atoms with Crippen LogP contribution in [0.15, 0.2) is 41.6 Å². The van der Waals surface area contributed by atoms with Crippen LogP contribution in [0.1, 0.15) is 65.5 Å². The predicted molar refractivity (Wildman–Crippen MR) is 103 cm³/mol. The Bertz CT molecular complexity index is 850. The molecular weight excluding hydrogens is 310 g/mol. The average Bonchev–Trinajstić information content (AvgIpc) is 2.94. The Kier molecular flexibility index (Phi) is 4.87. The smallest absolute Gasteiger partial charge is 0.419 e. The number of fused-ring (bicyclic) bond motifs is 1. The average molecular weight is 337 g/mol. The molecule has 1 aromatic heterocycles. The van der Waals surface area contributed by atoms with Crippen molar-refractivity contribution in [3.63, 3.8) is 0 Å². The summed E-state index contributed by atoms with van der Waals surface area (Å²) in [6, 6.07) is 9.99. The summed E-state index contributed by atoms with van der Waals surface area (Å²) in [6.07, 6.45) is 5.68. The van der Waals surface area contributed by atoms with E-state index in [2.05, 4.69) is 11.8 Å². The van der Waals surface area contributed by atoms with Crippen molar-refractivity contribution in [2.75, 3.05) is 0 Å². The SMILES string of the molecule is CC(=C=C1CCCCC1)c1cc2ccccc2n1C(=O)OC(C)(C)C. The van der Waals surface area contributed by atoms with E-state index in [1.54, 1.807) is 4.57 Å². The molecule has 0 amide bonds. The molecule has 0 unspecified atom stereocenters. The van der Waals surface area contributed by atoms with Gasteiger partial charge in [-0.25, -0.2) is 9.36 Å². The van der Waals surface area contributed by atoms with Crippen LogP contribution in [0.2, 0.25) is 0 Å². The molecule has 3 heteroatoms. The molecule has 3 nitrogen and oxygen atoms in total. The predicted octanol–water partition coefficient (Wildman–Crippen LogP) is 6.32. The van der Waals surface area contributed by atoms with Crippen molar-refractivity contribution in [3.8, 4) is 0 Å². The van der Waals surface area contributed by atoms with Crippen LogP contribution in [0.25, 0.3) is 16.5 Å². The lowest BCUT2D eigenvalue weighted by molar-refractivity contribution is 0.0543. The molecule has 3 rings (SSSR count). The summed E-state index contributed by atoms with van der Waals surface area (Å²) in [5, 5.41) is 1.04. The summed E-state index contributed by atoms with van der Waals surface area (Å²) in [5.74, 6) is 0. The van der Waals surface area contributed by atoms with E-state index in [-0.39, 0.29) is 6.09 Å². The molecule has 25 heavy (non-hydrogen) atoms. The normalized spacial score (nSPS) is 15.1. The highest BCUT2D eigenvalue weighted by Gasteiger charge is 2.22. The fourth-order valence-electron chi connectivity index (χ4n) is 3.37.